The van der Waals surface area contributed by atoms with Crippen LogP contribution in [0.25, 0.3) is 0 Å². The largest absolute Gasteiger partial charge is 0.480 e. The minimum atomic E-state index is -0.987. The van der Waals surface area contributed by atoms with E-state index in [1.54, 1.807) is 0 Å². The maximum atomic E-state index is 11.4. The highest BCUT2D eigenvalue weighted by molar-refractivity contribution is 5.83. The number of hydrogen-bond acceptors (Lipinski definition) is 3. The van der Waals surface area contributed by atoms with Crippen LogP contribution in [-0.2, 0) is 14.3 Å². The molecule has 0 aromatic carbocycles. The predicted molar refractivity (Wildman–Crippen MR) is 60.1 cm³/mol. The number of carboxylic acids is 1. The molecule has 5 heteroatoms. The van der Waals surface area contributed by atoms with E-state index in [1.165, 1.54) is 0 Å². The molecule has 0 aliphatic heterocycles. The molecule has 16 heavy (non-hydrogen) atoms. The number of carbonyl (C=O) groups excluding carboxylic acids is 1. The molecule has 0 radical (unpaired) electrons. The van der Waals surface area contributed by atoms with Crippen molar-refractivity contribution < 1.29 is 19.4 Å². The summed E-state index contributed by atoms with van der Waals surface area (Å²) in [6, 6.07) is -0.806. The molecule has 2 atom stereocenters. The summed E-state index contributed by atoms with van der Waals surface area (Å²) < 4.78 is 5.02. The summed E-state index contributed by atoms with van der Waals surface area (Å²) in [5, 5.41) is 11.5. The van der Waals surface area contributed by atoms with Crippen molar-refractivity contribution in [1.82, 2.24) is 5.32 Å². The molecular weight excluding hydrogens is 210 g/mol. The summed E-state index contributed by atoms with van der Waals surface area (Å²) in [4.78, 5) is 22.3. The Balaban J connectivity index is 4.09. The molecule has 0 aliphatic rings. The zero-order valence-electron chi connectivity index (χ0n) is 10.2. The van der Waals surface area contributed by atoms with E-state index in [-0.39, 0.29) is 18.2 Å². The van der Waals surface area contributed by atoms with Crippen LogP contribution in [0.2, 0.25) is 0 Å². The Morgan fingerprint density at radius 2 is 2.00 bits per heavy atom. The zero-order valence-corrected chi connectivity index (χ0v) is 10.2. The first-order chi connectivity index (χ1) is 7.52. The van der Waals surface area contributed by atoms with Crippen molar-refractivity contribution in [1.29, 1.82) is 0 Å². The summed E-state index contributed by atoms with van der Waals surface area (Å²) in [7, 11) is 0. The molecule has 0 rings (SSSR count). The quantitative estimate of drug-likeness (QED) is 0.612. The fraction of sp³-hybridized carbons (Fsp3) is 0.818. The number of carbonyl (C=O) groups is 2. The number of rotatable bonds is 8. The molecule has 5 nitrogen and oxygen atoms in total. The SMILES string of the molecule is CCOCCC(=O)N[C@H](C(=O)O)[C@@H](C)CC. The van der Waals surface area contributed by atoms with E-state index in [0.29, 0.717) is 19.6 Å². The van der Waals surface area contributed by atoms with Crippen LogP contribution >= 0.6 is 0 Å². The molecular formula is C11H21NO4. The van der Waals surface area contributed by atoms with Gasteiger partial charge in [-0.3, -0.25) is 4.79 Å². The maximum absolute atomic E-state index is 11.4. The van der Waals surface area contributed by atoms with Gasteiger partial charge in [0.2, 0.25) is 5.91 Å². The molecule has 0 aliphatic carbocycles. The van der Waals surface area contributed by atoms with Crippen molar-refractivity contribution in [2.45, 2.75) is 39.7 Å². The number of aliphatic carboxylic acids is 1. The van der Waals surface area contributed by atoms with Gasteiger partial charge >= 0.3 is 5.97 Å². The van der Waals surface area contributed by atoms with Gasteiger partial charge in [0.1, 0.15) is 6.04 Å². The van der Waals surface area contributed by atoms with E-state index < -0.39 is 12.0 Å². The molecule has 0 aromatic rings. The van der Waals surface area contributed by atoms with E-state index in [4.69, 9.17) is 9.84 Å². The van der Waals surface area contributed by atoms with Gasteiger partial charge < -0.3 is 15.2 Å². The van der Waals surface area contributed by atoms with Gasteiger partial charge in [-0.1, -0.05) is 20.3 Å². The molecule has 0 saturated carbocycles. The Morgan fingerprint density at radius 1 is 1.38 bits per heavy atom. The van der Waals surface area contributed by atoms with Gasteiger partial charge in [0.25, 0.3) is 0 Å². The molecule has 1 amide bonds. The minimum absolute atomic E-state index is 0.0754. The topological polar surface area (TPSA) is 75.6 Å². The van der Waals surface area contributed by atoms with Crippen LogP contribution in [0.15, 0.2) is 0 Å². The van der Waals surface area contributed by atoms with Gasteiger partial charge in [0.05, 0.1) is 6.61 Å². The van der Waals surface area contributed by atoms with Crippen molar-refractivity contribution in [3.05, 3.63) is 0 Å². The summed E-state index contributed by atoms with van der Waals surface area (Å²) in [5.74, 6) is -1.34. The second kappa shape index (κ2) is 8.10. The Labute approximate surface area is 96.2 Å². The molecule has 0 unspecified atom stereocenters. The maximum Gasteiger partial charge on any atom is 0.326 e. The van der Waals surface area contributed by atoms with Gasteiger partial charge in [-0.2, -0.15) is 0 Å². The second-order valence-corrected chi connectivity index (χ2v) is 3.72. The summed E-state index contributed by atoms with van der Waals surface area (Å²) in [6.07, 6.45) is 0.913. The van der Waals surface area contributed by atoms with Crippen LogP contribution in [0.3, 0.4) is 0 Å². The van der Waals surface area contributed by atoms with Gasteiger partial charge in [-0.25, -0.2) is 4.79 Å². The van der Waals surface area contributed by atoms with E-state index in [0.717, 1.165) is 0 Å². The lowest BCUT2D eigenvalue weighted by Crippen LogP contribution is -2.45. The molecule has 2 N–H and O–H groups in total. The lowest BCUT2D eigenvalue weighted by atomic mass is 9.99. The molecule has 0 saturated heterocycles. The second-order valence-electron chi connectivity index (χ2n) is 3.72. The van der Waals surface area contributed by atoms with Gasteiger partial charge in [-0.05, 0) is 12.8 Å². The first kappa shape index (κ1) is 14.9. The van der Waals surface area contributed by atoms with Crippen LogP contribution in [0.4, 0.5) is 0 Å². The normalized spacial score (nSPS) is 14.2. The third-order valence-electron chi connectivity index (χ3n) is 2.47. The third kappa shape index (κ3) is 5.70. The van der Waals surface area contributed by atoms with Crippen LogP contribution in [0, 0.1) is 5.92 Å². The standard InChI is InChI=1S/C11H21NO4/c1-4-8(3)10(11(14)15)12-9(13)6-7-16-5-2/h8,10H,4-7H2,1-3H3,(H,12,13)(H,14,15)/t8-,10-/m0/s1. The Kier molecular flexibility index (Phi) is 7.54. The molecule has 0 bridgehead atoms. The molecule has 0 spiro atoms. The predicted octanol–water partition coefficient (Wildman–Crippen LogP) is 1.03. The molecule has 0 heterocycles. The number of ether oxygens (including phenoxy) is 1. The minimum Gasteiger partial charge on any atom is -0.480 e. The van der Waals surface area contributed by atoms with E-state index >= 15 is 0 Å². The number of amides is 1. The van der Waals surface area contributed by atoms with Crippen LogP contribution in [-0.4, -0.2) is 36.2 Å². The smallest absolute Gasteiger partial charge is 0.326 e. The van der Waals surface area contributed by atoms with Crippen LogP contribution in [0.1, 0.15) is 33.6 Å². The molecule has 94 valence electrons. The van der Waals surface area contributed by atoms with Crippen molar-refractivity contribution >= 4 is 11.9 Å². The average molecular weight is 231 g/mol. The van der Waals surface area contributed by atoms with Crippen LogP contribution < -0.4 is 5.32 Å². The highest BCUT2D eigenvalue weighted by atomic mass is 16.5. The van der Waals surface area contributed by atoms with Crippen molar-refractivity contribution in [3.63, 3.8) is 0 Å². The summed E-state index contributed by atoms with van der Waals surface area (Å²) in [6.45, 7) is 6.43. The summed E-state index contributed by atoms with van der Waals surface area (Å²) >= 11 is 0. The van der Waals surface area contributed by atoms with Gasteiger partial charge in [0.15, 0.2) is 0 Å². The highest BCUT2D eigenvalue weighted by Crippen LogP contribution is 2.08. The number of hydrogen-bond donors (Lipinski definition) is 2. The Bertz CT molecular complexity index is 230. The van der Waals surface area contributed by atoms with Crippen molar-refractivity contribution in [2.24, 2.45) is 5.92 Å². The number of carboxylic acid groups (broad SMARTS) is 1. The van der Waals surface area contributed by atoms with Gasteiger partial charge in [0, 0.05) is 13.0 Å². The highest BCUT2D eigenvalue weighted by Gasteiger charge is 2.24. The first-order valence-electron chi connectivity index (χ1n) is 5.62. The van der Waals surface area contributed by atoms with E-state index in [9.17, 15) is 9.59 Å². The van der Waals surface area contributed by atoms with E-state index in [1.807, 2.05) is 20.8 Å². The van der Waals surface area contributed by atoms with E-state index in [2.05, 4.69) is 5.32 Å². The lowest BCUT2D eigenvalue weighted by molar-refractivity contribution is -0.143. The summed E-state index contributed by atoms with van der Waals surface area (Å²) in [5.41, 5.74) is 0. The Hall–Kier alpha value is -1.10. The zero-order chi connectivity index (χ0) is 12.6. The fourth-order valence-corrected chi connectivity index (χ4v) is 1.24. The Morgan fingerprint density at radius 3 is 2.44 bits per heavy atom. The molecule has 0 fully saturated rings. The lowest BCUT2D eigenvalue weighted by Gasteiger charge is -2.20. The number of nitrogens with one attached hydrogen (secondary N) is 1. The van der Waals surface area contributed by atoms with Gasteiger partial charge in [-0.15, -0.1) is 0 Å². The monoisotopic (exact) mass is 231 g/mol. The first-order valence-corrected chi connectivity index (χ1v) is 5.62. The van der Waals surface area contributed by atoms with Crippen molar-refractivity contribution in [3.8, 4) is 0 Å². The fourth-order valence-electron chi connectivity index (χ4n) is 1.24. The average Bonchev–Trinajstić information content (AvgIpc) is 2.25. The van der Waals surface area contributed by atoms with Crippen molar-refractivity contribution in [2.75, 3.05) is 13.2 Å². The molecule has 0 aromatic heterocycles. The van der Waals surface area contributed by atoms with Crippen LogP contribution in [0.5, 0.6) is 0 Å². The third-order valence-corrected chi connectivity index (χ3v) is 2.47.